The zero-order valence-corrected chi connectivity index (χ0v) is 11.3. The molecule has 0 aromatic heterocycles. The summed E-state index contributed by atoms with van der Waals surface area (Å²) in [4.78, 5) is 0. The lowest BCUT2D eigenvalue weighted by molar-refractivity contribution is 0.301. The van der Waals surface area contributed by atoms with E-state index in [4.69, 9.17) is 0 Å². The van der Waals surface area contributed by atoms with Gasteiger partial charge in [-0.15, -0.1) is 0 Å². The van der Waals surface area contributed by atoms with Crippen molar-refractivity contribution in [2.45, 2.75) is 64.0 Å². The van der Waals surface area contributed by atoms with E-state index in [2.05, 4.69) is 17.6 Å². The number of fused-ring (bicyclic) bond motifs is 2. The van der Waals surface area contributed by atoms with E-state index in [-0.39, 0.29) is 0 Å². The molecule has 3 fully saturated rings. The second kappa shape index (κ2) is 5.27. The predicted octanol–water partition coefficient (Wildman–Crippen LogP) is 2.54. The molecule has 2 N–H and O–H groups in total. The fourth-order valence-electron chi connectivity index (χ4n) is 4.45. The largest absolute Gasteiger partial charge is 0.314 e. The SMILES string of the molecule is CC(CC1CCCN1)NCC1CC2CCC1C2. The van der Waals surface area contributed by atoms with Crippen LogP contribution < -0.4 is 10.6 Å². The van der Waals surface area contributed by atoms with Gasteiger partial charge >= 0.3 is 0 Å². The lowest BCUT2D eigenvalue weighted by Gasteiger charge is -2.25. The fraction of sp³-hybridized carbons (Fsp3) is 1.00. The van der Waals surface area contributed by atoms with Crippen LogP contribution in [0.2, 0.25) is 0 Å². The van der Waals surface area contributed by atoms with Crippen molar-refractivity contribution in [3.63, 3.8) is 0 Å². The Labute approximate surface area is 106 Å². The summed E-state index contributed by atoms with van der Waals surface area (Å²) in [6, 6.07) is 1.49. The molecule has 0 spiro atoms. The maximum atomic E-state index is 3.80. The van der Waals surface area contributed by atoms with Crippen molar-refractivity contribution in [1.29, 1.82) is 0 Å². The van der Waals surface area contributed by atoms with Gasteiger partial charge in [-0.2, -0.15) is 0 Å². The van der Waals surface area contributed by atoms with Crippen molar-refractivity contribution in [2.24, 2.45) is 17.8 Å². The third kappa shape index (κ3) is 2.85. The Kier molecular flexibility index (Phi) is 3.72. The molecule has 0 radical (unpaired) electrons. The second-order valence-electron chi connectivity index (χ2n) is 6.77. The molecule has 0 aromatic rings. The highest BCUT2D eigenvalue weighted by molar-refractivity contribution is 4.91. The van der Waals surface area contributed by atoms with Crippen LogP contribution in [0, 0.1) is 17.8 Å². The molecule has 2 bridgehead atoms. The highest BCUT2D eigenvalue weighted by Crippen LogP contribution is 2.47. The summed E-state index contributed by atoms with van der Waals surface area (Å²) in [6.07, 6.45) is 10.2. The van der Waals surface area contributed by atoms with E-state index in [0.29, 0.717) is 6.04 Å². The van der Waals surface area contributed by atoms with Gasteiger partial charge in [0.05, 0.1) is 0 Å². The van der Waals surface area contributed by atoms with Crippen LogP contribution in [0.5, 0.6) is 0 Å². The summed E-state index contributed by atoms with van der Waals surface area (Å²) in [5.41, 5.74) is 0. The molecule has 17 heavy (non-hydrogen) atoms. The van der Waals surface area contributed by atoms with Gasteiger partial charge in [-0.1, -0.05) is 6.42 Å². The Hall–Kier alpha value is -0.0800. The summed E-state index contributed by atoms with van der Waals surface area (Å²) in [7, 11) is 0. The topological polar surface area (TPSA) is 24.1 Å². The van der Waals surface area contributed by atoms with E-state index in [0.717, 1.165) is 23.8 Å². The second-order valence-corrected chi connectivity index (χ2v) is 6.77. The number of nitrogens with one attached hydrogen (secondary N) is 2. The van der Waals surface area contributed by atoms with E-state index in [1.54, 1.807) is 6.42 Å². The number of hydrogen-bond acceptors (Lipinski definition) is 2. The van der Waals surface area contributed by atoms with Crippen LogP contribution in [0.4, 0.5) is 0 Å². The van der Waals surface area contributed by atoms with Gasteiger partial charge in [0.25, 0.3) is 0 Å². The maximum Gasteiger partial charge on any atom is 0.00822 e. The molecule has 5 atom stereocenters. The van der Waals surface area contributed by atoms with Crippen LogP contribution in [0.25, 0.3) is 0 Å². The van der Waals surface area contributed by atoms with Crippen molar-refractivity contribution in [3.8, 4) is 0 Å². The molecule has 1 aliphatic heterocycles. The van der Waals surface area contributed by atoms with Crippen LogP contribution in [0.15, 0.2) is 0 Å². The van der Waals surface area contributed by atoms with E-state index in [9.17, 15) is 0 Å². The average molecular weight is 236 g/mol. The van der Waals surface area contributed by atoms with Gasteiger partial charge in [0.15, 0.2) is 0 Å². The minimum absolute atomic E-state index is 0.699. The Bertz CT molecular complexity index is 247. The molecule has 1 heterocycles. The van der Waals surface area contributed by atoms with Crippen LogP contribution in [0.1, 0.15) is 51.9 Å². The molecule has 0 amide bonds. The summed E-state index contributed by atoms with van der Waals surface area (Å²) in [6.45, 7) is 4.89. The normalized spacial score (nSPS) is 42.2. The van der Waals surface area contributed by atoms with E-state index in [1.165, 1.54) is 51.6 Å². The summed E-state index contributed by atoms with van der Waals surface area (Å²) < 4.78 is 0. The molecule has 2 nitrogen and oxygen atoms in total. The van der Waals surface area contributed by atoms with Crippen molar-refractivity contribution in [3.05, 3.63) is 0 Å². The fourth-order valence-corrected chi connectivity index (χ4v) is 4.45. The van der Waals surface area contributed by atoms with Crippen LogP contribution >= 0.6 is 0 Å². The summed E-state index contributed by atoms with van der Waals surface area (Å²) in [5.74, 6) is 3.18. The minimum atomic E-state index is 0.699. The number of hydrogen-bond donors (Lipinski definition) is 2. The first-order valence-electron chi connectivity index (χ1n) is 7.78. The molecule has 5 unspecified atom stereocenters. The number of rotatable bonds is 5. The molecule has 3 rings (SSSR count). The molecular weight excluding hydrogens is 208 g/mol. The summed E-state index contributed by atoms with van der Waals surface area (Å²) >= 11 is 0. The van der Waals surface area contributed by atoms with Gasteiger partial charge in [0.1, 0.15) is 0 Å². The molecule has 98 valence electrons. The first kappa shape index (κ1) is 12.0. The van der Waals surface area contributed by atoms with Crippen molar-refractivity contribution in [2.75, 3.05) is 13.1 Å². The summed E-state index contributed by atoms with van der Waals surface area (Å²) in [5, 5.41) is 7.40. The van der Waals surface area contributed by atoms with E-state index < -0.39 is 0 Å². The highest BCUT2D eigenvalue weighted by atomic mass is 15.0. The van der Waals surface area contributed by atoms with E-state index in [1.807, 2.05) is 0 Å². The van der Waals surface area contributed by atoms with Crippen LogP contribution in [0.3, 0.4) is 0 Å². The van der Waals surface area contributed by atoms with Crippen LogP contribution in [-0.2, 0) is 0 Å². The quantitative estimate of drug-likeness (QED) is 0.766. The molecule has 3 aliphatic rings. The molecule has 2 saturated carbocycles. The smallest absolute Gasteiger partial charge is 0.00822 e. The van der Waals surface area contributed by atoms with Gasteiger partial charge in [-0.3, -0.25) is 0 Å². The molecule has 1 saturated heterocycles. The lowest BCUT2D eigenvalue weighted by Crippen LogP contribution is -2.37. The third-order valence-electron chi connectivity index (χ3n) is 5.41. The van der Waals surface area contributed by atoms with Crippen LogP contribution in [-0.4, -0.2) is 25.2 Å². The molecule has 2 heteroatoms. The predicted molar refractivity (Wildman–Crippen MR) is 72.0 cm³/mol. The van der Waals surface area contributed by atoms with Gasteiger partial charge in [-0.25, -0.2) is 0 Å². The zero-order valence-electron chi connectivity index (χ0n) is 11.3. The van der Waals surface area contributed by atoms with Gasteiger partial charge < -0.3 is 10.6 Å². The average Bonchev–Trinajstić information content (AvgIpc) is 3.02. The first-order chi connectivity index (χ1) is 8.31. The van der Waals surface area contributed by atoms with Gasteiger partial charge in [-0.05, 0) is 76.3 Å². The standard InChI is InChI=1S/C15H28N2/c1-11(7-15-3-2-6-16-15)17-10-14-9-12-4-5-13(14)8-12/h11-17H,2-10H2,1H3. The minimum Gasteiger partial charge on any atom is -0.314 e. The Morgan fingerprint density at radius 2 is 2.18 bits per heavy atom. The molecular formula is C15H28N2. The molecule has 2 aliphatic carbocycles. The Balaban J connectivity index is 1.36. The van der Waals surface area contributed by atoms with Gasteiger partial charge in [0, 0.05) is 12.1 Å². The third-order valence-corrected chi connectivity index (χ3v) is 5.41. The molecule has 0 aromatic carbocycles. The van der Waals surface area contributed by atoms with Crippen molar-refractivity contribution in [1.82, 2.24) is 10.6 Å². The van der Waals surface area contributed by atoms with Crippen molar-refractivity contribution < 1.29 is 0 Å². The Morgan fingerprint density at radius 1 is 1.24 bits per heavy atom. The van der Waals surface area contributed by atoms with E-state index >= 15 is 0 Å². The zero-order chi connectivity index (χ0) is 11.7. The highest BCUT2D eigenvalue weighted by Gasteiger charge is 2.39. The lowest BCUT2D eigenvalue weighted by atomic mass is 9.88. The van der Waals surface area contributed by atoms with Gasteiger partial charge in [0.2, 0.25) is 0 Å². The maximum absolute atomic E-state index is 3.80. The first-order valence-corrected chi connectivity index (χ1v) is 7.78. The monoisotopic (exact) mass is 236 g/mol. The Morgan fingerprint density at radius 3 is 2.82 bits per heavy atom. The van der Waals surface area contributed by atoms with Crippen molar-refractivity contribution >= 4 is 0 Å².